The third-order valence-corrected chi connectivity index (χ3v) is 5.51. The summed E-state index contributed by atoms with van der Waals surface area (Å²) in [5.74, 6) is 0.0403. The van der Waals surface area contributed by atoms with Gasteiger partial charge >= 0.3 is 0 Å². The highest BCUT2D eigenvalue weighted by atomic mass is 35.5. The number of rotatable bonds is 7. The van der Waals surface area contributed by atoms with Crippen molar-refractivity contribution >= 4 is 17.5 Å². The predicted molar refractivity (Wildman–Crippen MR) is 109 cm³/mol. The van der Waals surface area contributed by atoms with Crippen molar-refractivity contribution in [3.63, 3.8) is 0 Å². The fraction of sp³-hybridized carbons (Fsp3) is 0.409. The summed E-state index contributed by atoms with van der Waals surface area (Å²) in [5.41, 5.74) is 2.14. The molecule has 2 aromatic rings. The number of piperidine rings is 1. The average Bonchev–Trinajstić information content (AvgIpc) is 2.72. The molecule has 27 heavy (non-hydrogen) atoms. The van der Waals surface area contributed by atoms with E-state index in [4.69, 9.17) is 16.3 Å². The average molecular weight is 387 g/mol. The number of hydrogen-bond acceptors (Lipinski definition) is 3. The number of amides is 1. The Kier molecular flexibility index (Phi) is 7.27. The minimum absolute atomic E-state index is 0.0403. The van der Waals surface area contributed by atoms with Crippen LogP contribution >= 0.6 is 11.6 Å². The van der Waals surface area contributed by atoms with E-state index in [9.17, 15) is 4.79 Å². The van der Waals surface area contributed by atoms with Gasteiger partial charge in [0.25, 0.3) is 0 Å². The molecule has 0 aromatic heterocycles. The van der Waals surface area contributed by atoms with E-state index in [0.717, 1.165) is 31.5 Å². The van der Waals surface area contributed by atoms with Crippen molar-refractivity contribution in [2.45, 2.75) is 45.1 Å². The molecule has 1 atom stereocenters. The van der Waals surface area contributed by atoms with Gasteiger partial charge in [-0.25, -0.2) is 0 Å². The number of likely N-dealkylation sites (tertiary alicyclic amines) is 1. The van der Waals surface area contributed by atoms with Crippen LogP contribution in [0.2, 0.25) is 5.02 Å². The van der Waals surface area contributed by atoms with Crippen LogP contribution in [0.3, 0.4) is 0 Å². The molecule has 4 nitrogen and oxygen atoms in total. The monoisotopic (exact) mass is 386 g/mol. The summed E-state index contributed by atoms with van der Waals surface area (Å²) in [4.78, 5) is 14.7. The second kappa shape index (κ2) is 9.88. The number of hydrogen-bond donors (Lipinski definition) is 1. The number of benzene rings is 2. The Bertz CT molecular complexity index is 730. The van der Waals surface area contributed by atoms with Crippen molar-refractivity contribution in [2.24, 2.45) is 0 Å². The molecule has 0 bridgehead atoms. The lowest BCUT2D eigenvalue weighted by atomic mass is 10.1. The van der Waals surface area contributed by atoms with E-state index in [0.29, 0.717) is 18.2 Å². The van der Waals surface area contributed by atoms with Gasteiger partial charge in [-0.15, -0.1) is 0 Å². The second-order valence-corrected chi connectivity index (χ2v) is 7.42. The standard InChI is InChI=1S/C22H27ClN2O2/c1-17(22(26)24-15-19-9-5-6-10-21(19)23)25-13-11-20(12-14-25)27-16-18-7-3-2-4-8-18/h2-10,17,20H,11-16H2,1H3,(H,24,26). The van der Waals surface area contributed by atoms with Crippen molar-refractivity contribution in [2.75, 3.05) is 13.1 Å². The van der Waals surface area contributed by atoms with Crippen molar-refractivity contribution in [1.82, 2.24) is 10.2 Å². The summed E-state index contributed by atoms with van der Waals surface area (Å²) in [6, 6.07) is 17.7. The topological polar surface area (TPSA) is 41.6 Å². The summed E-state index contributed by atoms with van der Waals surface area (Å²) >= 11 is 6.15. The van der Waals surface area contributed by atoms with Gasteiger partial charge in [-0.3, -0.25) is 9.69 Å². The third-order valence-electron chi connectivity index (χ3n) is 5.14. The predicted octanol–water partition coefficient (Wildman–Crippen LogP) is 4.03. The molecule has 1 aliphatic heterocycles. The van der Waals surface area contributed by atoms with Crippen molar-refractivity contribution in [1.29, 1.82) is 0 Å². The first kappa shape index (κ1) is 19.9. The first-order valence-electron chi connectivity index (χ1n) is 9.54. The van der Waals surface area contributed by atoms with Gasteiger partial charge in [0.05, 0.1) is 18.8 Å². The summed E-state index contributed by atoms with van der Waals surface area (Å²) in [7, 11) is 0. The molecule has 1 heterocycles. The maximum absolute atomic E-state index is 12.5. The Balaban J connectivity index is 1.40. The summed E-state index contributed by atoms with van der Waals surface area (Å²) in [6.07, 6.45) is 2.17. The molecular formula is C22H27ClN2O2. The normalized spacial score (nSPS) is 16.8. The zero-order valence-corrected chi connectivity index (χ0v) is 16.5. The molecule has 0 radical (unpaired) electrons. The van der Waals surface area contributed by atoms with Gasteiger partial charge in [-0.2, -0.15) is 0 Å². The molecule has 1 N–H and O–H groups in total. The van der Waals surface area contributed by atoms with Crippen LogP contribution in [-0.2, 0) is 22.7 Å². The molecule has 3 rings (SSSR count). The minimum Gasteiger partial charge on any atom is -0.373 e. The van der Waals surface area contributed by atoms with Crippen molar-refractivity contribution in [3.8, 4) is 0 Å². The van der Waals surface area contributed by atoms with E-state index in [-0.39, 0.29) is 18.1 Å². The number of halogens is 1. The Morgan fingerprint density at radius 1 is 1.15 bits per heavy atom. The maximum Gasteiger partial charge on any atom is 0.237 e. The molecular weight excluding hydrogens is 360 g/mol. The van der Waals surface area contributed by atoms with Crippen LogP contribution in [0.15, 0.2) is 54.6 Å². The highest BCUT2D eigenvalue weighted by Crippen LogP contribution is 2.18. The lowest BCUT2D eigenvalue weighted by molar-refractivity contribution is -0.127. The Morgan fingerprint density at radius 3 is 2.52 bits per heavy atom. The molecule has 1 fully saturated rings. The van der Waals surface area contributed by atoms with E-state index in [1.807, 2.05) is 49.4 Å². The second-order valence-electron chi connectivity index (χ2n) is 7.02. The van der Waals surface area contributed by atoms with Gasteiger partial charge in [-0.1, -0.05) is 60.1 Å². The number of nitrogens with one attached hydrogen (secondary N) is 1. The van der Waals surface area contributed by atoms with Gasteiger partial charge in [-0.05, 0) is 37.0 Å². The summed E-state index contributed by atoms with van der Waals surface area (Å²) < 4.78 is 6.03. The van der Waals surface area contributed by atoms with Gasteiger partial charge in [0.1, 0.15) is 0 Å². The smallest absolute Gasteiger partial charge is 0.237 e. The molecule has 0 spiro atoms. The van der Waals surface area contributed by atoms with Gasteiger partial charge in [0.2, 0.25) is 5.91 Å². The molecule has 0 saturated carbocycles. The highest BCUT2D eigenvalue weighted by Gasteiger charge is 2.26. The minimum atomic E-state index is -0.150. The molecule has 1 aliphatic rings. The van der Waals surface area contributed by atoms with Gasteiger partial charge in [0.15, 0.2) is 0 Å². The van der Waals surface area contributed by atoms with Crippen LogP contribution in [-0.4, -0.2) is 36.0 Å². The molecule has 144 valence electrons. The highest BCUT2D eigenvalue weighted by molar-refractivity contribution is 6.31. The molecule has 1 saturated heterocycles. The number of nitrogens with zero attached hydrogens (tertiary/aromatic N) is 1. The van der Waals surface area contributed by atoms with E-state index in [2.05, 4.69) is 22.3 Å². The maximum atomic E-state index is 12.5. The number of carbonyl (C=O) groups is 1. The SMILES string of the molecule is CC(C(=O)NCc1ccccc1Cl)N1CCC(OCc2ccccc2)CC1. The van der Waals surface area contributed by atoms with Crippen LogP contribution in [0.5, 0.6) is 0 Å². The number of ether oxygens (including phenoxy) is 1. The van der Waals surface area contributed by atoms with Gasteiger partial charge in [0, 0.05) is 24.7 Å². The van der Waals surface area contributed by atoms with Crippen molar-refractivity contribution < 1.29 is 9.53 Å². The van der Waals surface area contributed by atoms with Gasteiger partial charge < -0.3 is 10.1 Å². The van der Waals surface area contributed by atoms with E-state index >= 15 is 0 Å². The Hall–Kier alpha value is -1.88. The lowest BCUT2D eigenvalue weighted by Gasteiger charge is -2.35. The quantitative estimate of drug-likeness (QED) is 0.781. The zero-order valence-electron chi connectivity index (χ0n) is 15.7. The van der Waals surface area contributed by atoms with Crippen LogP contribution in [0.1, 0.15) is 30.9 Å². The Labute approximate surface area is 166 Å². The fourth-order valence-corrected chi connectivity index (χ4v) is 3.56. The lowest BCUT2D eigenvalue weighted by Crippen LogP contribution is -2.49. The molecule has 2 aromatic carbocycles. The molecule has 0 aliphatic carbocycles. The van der Waals surface area contributed by atoms with E-state index in [1.54, 1.807) is 0 Å². The van der Waals surface area contributed by atoms with Crippen LogP contribution in [0, 0.1) is 0 Å². The first-order chi connectivity index (χ1) is 13.1. The van der Waals surface area contributed by atoms with E-state index < -0.39 is 0 Å². The Morgan fingerprint density at radius 2 is 1.81 bits per heavy atom. The van der Waals surface area contributed by atoms with Crippen LogP contribution in [0.4, 0.5) is 0 Å². The zero-order chi connectivity index (χ0) is 19.1. The van der Waals surface area contributed by atoms with Crippen LogP contribution in [0.25, 0.3) is 0 Å². The van der Waals surface area contributed by atoms with Crippen LogP contribution < -0.4 is 5.32 Å². The fourth-order valence-electron chi connectivity index (χ4n) is 3.36. The molecule has 1 unspecified atom stereocenters. The third kappa shape index (κ3) is 5.80. The largest absolute Gasteiger partial charge is 0.373 e. The molecule has 1 amide bonds. The summed E-state index contributed by atoms with van der Waals surface area (Å²) in [5, 5.41) is 3.68. The molecule has 5 heteroatoms. The first-order valence-corrected chi connectivity index (χ1v) is 9.92. The van der Waals surface area contributed by atoms with E-state index in [1.165, 1.54) is 5.56 Å². The summed E-state index contributed by atoms with van der Waals surface area (Å²) in [6.45, 7) is 4.83. The van der Waals surface area contributed by atoms with Crippen molar-refractivity contribution in [3.05, 3.63) is 70.7 Å². The number of carbonyl (C=O) groups excluding carboxylic acids is 1.